The molecule has 1 unspecified atom stereocenters. The van der Waals surface area contributed by atoms with Crippen molar-refractivity contribution in [2.24, 2.45) is 4.99 Å². The molecule has 1 atom stereocenters. The number of aryl methyl sites for hydroxylation is 1. The molecule has 0 fully saturated rings. The number of thiazole rings is 1. The van der Waals surface area contributed by atoms with E-state index in [2.05, 4.69) is 27.5 Å². The molecule has 2 N–H and O–H groups in total. The maximum atomic E-state index is 12.0. The fourth-order valence-corrected chi connectivity index (χ4v) is 3.35. The molecule has 27 heavy (non-hydrogen) atoms. The summed E-state index contributed by atoms with van der Waals surface area (Å²) in [5.41, 5.74) is 0.694. The molecule has 0 aliphatic carbocycles. The van der Waals surface area contributed by atoms with Crippen molar-refractivity contribution in [3.05, 3.63) is 39.7 Å². The van der Waals surface area contributed by atoms with Gasteiger partial charge in [-0.05, 0) is 39.3 Å². The zero-order valence-electron chi connectivity index (χ0n) is 16.4. The van der Waals surface area contributed by atoms with E-state index < -0.39 is 0 Å². The zero-order valence-corrected chi connectivity index (χ0v) is 17.2. The molecular weight excluding hydrogens is 364 g/mol. The summed E-state index contributed by atoms with van der Waals surface area (Å²) in [6, 6.07) is 3.76. The number of carbonyl (C=O) groups is 1. The summed E-state index contributed by atoms with van der Waals surface area (Å²) >= 11 is 1.36. The first-order valence-corrected chi connectivity index (χ1v) is 10.1. The molecule has 0 spiro atoms. The van der Waals surface area contributed by atoms with Gasteiger partial charge in [0.25, 0.3) is 0 Å². The van der Waals surface area contributed by atoms with E-state index in [9.17, 15) is 4.79 Å². The first-order valence-electron chi connectivity index (χ1n) is 9.26. The van der Waals surface area contributed by atoms with Gasteiger partial charge in [0.1, 0.15) is 15.6 Å². The number of furan rings is 1. The summed E-state index contributed by atoms with van der Waals surface area (Å²) in [4.78, 5) is 21.7. The highest BCUT2D eigenvalue weighted by Crippen LogP contribution is 2.24. The Labute approximate surface area is 164 Å². The van der Waals surface area contributed by atoms with Gasteiger partial charge in [0, 0.05) is 19.5 Å². The molecular formula is C19H28N4O3S. The van der Waals surface area contributed by atoms with Crippen LogP contribution in [0.3, 0.4) is 0 Å². The molecule has 0 saturated carbocycles. The highest BCUT2D eigenvalue weighted by atomic mass is 32.1. The number of hydrogen-bond donors (Lipinski definition) is 2. The molecule has 2 aromatic heterocycles. The minimum absolute atomic E-state index is 0.0800. The molecule has 0 bridgehead atoms. The highest BCUT2D eigenvalue weighted by molar-refractivity contribution is 7.13. The third kappa shape index (κ3) is 6.39. The topological polar surface area (TPSA) is 88.8 Å². The summed E-state index contributed by atoms with van der Waals surface area (Å²) in [6.45, 7) is 9.50. The number of guanidine groups is 1. The molecule has 2 rings (SSSR count). The van der Waals surface area contributed by atoms with E-state index in [4.69, 9.17) is 9.15 Å². The van der Waals surface area contributed by atoms with Gasteiger partial charge >= 0.3 is 5.97 Å². The van der Waals surface area contributed by atoms with Crippen LogP contribution in [0.1, 0.15) is 59.4 Å². The van der Waals surface area contributed by atoms with E-state index >= 15 is 0 Å². The third-order valence-corrected chi connectivity index (χ3v) is 5.06. The van der Waals surface area contributed by atoms with E-state index in [0.717, 1.165) is 36.1 Å². The number of aliphatic imine (C=N–C) groups is 1. The Morgan fingerprint density at radius 3 is 2.93 bits per heavy atom. The van der Waals surface area contributed by atoms with Gasteiger partial charge in [0.15, 0.2) is 5.96 Å². The van der Waals surface area contributed by atoms with Crippen molar-refractivity contribution in [3.63, 3.8) is 0 Å². The molecule has 2 heterocycles. The Hall–Kier alpha value is -2.35. The van der Waals surface area contributed by atoms with Gasteiger partial charge in [-0.3, -0.25) is 4.99 Å². The van der Waals surface area contributed by atoms with Crippen molar-refractivity contribution in [1.82, 2.24) is 15.6 Å². The minimum atomic E-state index is -0.317. The van der Waals surface area contributed by atoms with E-state index in [0.29, 0.717) is 23.7 Å². The van der Waals surface area contributed by atoms with Crippen molar-refractivity contribution >= 4 is 23.3 Å². The molecule has 0 aromatic carbocycles. The first kappa shape index (κ1) is 21.0. The lowest BCUT2D eigenvalue weighted by molar-refractivity contribution is 0.0531. The van der Waals surface area contributed by atoms with Crippen LogP contribution in [-0.4, -0.2) is 36.6 Å². The summed E-state index contributed by atoms with van der Waals surface area (Å²) in [7, 11) is 0. The fourth-order valence-electron chi connectivity index (χ4n) is 2.39. The Morgan fingerprint density at radius 1 is 1.44 bits per heavy atom. The second kappa shape index (κ2) is 10.7. The van der Waals surface area contributed by atoms with E-state index in [1.807, 2.05) is 26.0 Å². The number of aromatic nitrogens is 1. The smallest absolute Gasteiger partial charge is 0.350 e. The zero-order chi connectivity index (χ0) is 19.6. The van der Waals surface area contributed by atoms with Crippen molar-refractivity contribution < 1.29 is 13.9 Å². The number of ether oxygens (including phenoxy) is 1. The van der Waals surface area contributed by atoms with Crippen LogP contribution >= 0.6 is 11.3 Å². The van der Waals surface area contributed by atoms with Crippen LogP contribution in [-0.2, 0) is 11.2 Å². The molecule has 2 aromatic rings. The lowest BCUT2D eigenvalue weighted by atomic mass is 10.3. The van der Waals surface area contributed by atoms with Crippen molar-refractivity contribution in [2.75, 3.05) is 19.7 Å². The van der Waals surface area contributed by atoms with E-state index in [-0.39, 0.29) is 12.0 Å². The van der Waals surface area contributed by atoms with Crippen LogP contribution in [0.25, 0.3) is 0 Å². The highest BCUT2D eigenvalue weighted by Gasteiger charge is 2.20. The molecule has 148 valence electrons. The number of nitrogens with one attached hydrogen (secondary N) is 2. The molecule has 0 saturated heterocycles. The number of esters is 1. The largest absolute Gasteiger partial charge is 0.469 e. The van der Waals surface area contributed by atoms with Gasteiger partial charge in [0.05, 0.1) is 24.6 Å². The number of carbonyl (C=O) groups excluding carboxylic acids is 1. The number of hydrogen-bond acceptors (Lipinski definition) is 6. The molecule has 0 radical (unpaired) electrons. The maximum Gasteiger partial charge on any atom is 0.350 e. The molecule has 0 amide bonds. The second-order valence-electron chi connectivity index (χ2n) is 6.04. The maximum absolute atomic E-state index is 12.0. The summed E-state index contributed by atoms with van der Waals surface area (Å²) < 4.78 is 10.4. The molecule has 0 aliphatic rings. The van der Waals surface area contributed by atoms with Gasteiger partial charge in [-0.2, -0.15) is 0 Å². The quantitative estimate of drug-likeness (QED) is 0.386. The fraction of sp³-hybridized carbons (Fsp3) is 0.526. The van der Waals surface area contributed by atoms with Gasteiger partial charge in [-0.15, -0.1) is 11.3 Å². The lowest BCUT2D eigenvalue weighted by Crippen LogP contribution is -2.39. The Balaban J connectivity index is 1.99. The minimum Gasteiger partial charge on any atom is -0.469 e. The molecule has 0 aliphatic heterocycles. The SMILES string of the molecule is CCCN=C(NCCc1ccco1)NC(C)c1nc(C)c(C(=O)OCC)s1. The van der Waals surface area contributed by atoms with Gasteiger partial charge in [-0.1, -0.05) is 6.92 Å². The van der Waals surface area contributed by atoms with Crippen molar-refractivity contribution in [1.29, 1.82) is 0 Å². The van der Waals surface area contributed by atoms with Crippen LogP contribution in [0, 0.1) is 6.92 Å². The number of rotatable bonds is 9. The van der Waals surface area contributed by atoms with E-state index in [1.165, 1.54) is 11.3 Å². The predicted molar refractivity (Wildman–Crippen MR) is 107 cm³/mol. The number of nitrogens with zero attached hydrogens (tertiary/aromatic N) is 2. The third-order valence-electron chi connectivity index (χ3n) is 3.74. The molecule has 7 nitrogen and oxygen atoms in total. The second-order valence-corrected chi connectivity index (χ2v) is 7.07. The van der Waals surface area contributed by atoms with E-state index in [1.54, 1.807) is 13.2 Å². The van der Waals surface area contributed by atoms with Crippen LogP contribution in [0.15, 0.2) is 27.8 Å². The Bertz CT molecular complexity index is 740. The Morgan fingerprint density at radius 2 is 2.26 bits per heavy atom. The van der Waals surface area contributed by atoms with Crippen LogP contribution in [0.4, 0.5) is 0 Å². The standard InChI is InChI=1S/C19H28N4O3S/c1-5-10-20-19(21-11-9-15-8-7-12-26-15)23-14(4)17-22-13(3)16(27-17)18(24)25-6-2/h7-8,12,14H,5-6,9-11H2,1-4H3,(H2,20,21,23). The van der Waals surface area contributed by atoms with Gasteiger partial charge in [-0.25, -0.2) is 9.78 Å². The lowest BCUT2D eigenvalue weighted by Gasteiger charge is -2.16. The molecule has 8 heteroatoms. The predicted octanol–water partition coefficient (Wildman–Crippen LogP) is 3.47. The normalized spacial score (nSPS) is 12.7. The summed E-state index contributed by atoms with van der Waals surface area (Å²) in [5, 5.41) is 7.51. The monoisotopic (exact) mass is 392 g/mol. The van der Waals surface area contributed by atoms with Crippen molar-refractivity contribution in [2.45, 2.75) is 46.6 Å². The van der Waals surface area contributed by atoms with Crippen LogP contribution < -0.4 is 10.6 Å². The Kier molecular flexibility index (Phi) is 8.32. The van der Waals surface area contributed by atoms with Crippen molar-refractivity contribution in [3.8, 4) is 0 Å². The average Bonchev–Trinajstić information content (AvgIpc) is 3.29. The summed E-state index contributed by atoms with van der Waals surface area (Å²) in [6.07, 6.45) is 3.41. The average molecular weight is 393 g/mol. The van der Waals surface area contributed by atoms with Gasteiger partial charge < -0.3 is 19.8 Å². The van der Waals surface area contributed by atoms with Gasteiger partial charge in [0.2, 0.25) is 0 Å². The van der Waals surface area contributed by atoms with Crippen LogP contribution in [0.5, 0.6) is 0 Å². The summed E-state index contributed by atoms with van der Waals surface area (Å²) in [5.74, 6) is 1.34. The van der Waals surface area contributed by atoms with Crippen LogP contribution in [0.2, 0.25) is 0 Å². The first-order chi connectivity index (χ1) is 13.0.